The molecule has 1 saturated heterocycles. The van der Waals surface area contributed by atoms with Crippen molar-refractivity contribution in [2.24, 2.45) is 0 Å². The van der Waals surface area contributed by atoms with Crippen LogP contribution in [0, 0.1) is 0 Å². The van der Waals surface area contributed by atoms with Crippen LogP contribution < -0.4 is 14.5 Å². The molecule has 5 nitrogen and oxygen atoms in total. The Morgan fingerprint density at radius 2 is 1.20 bits per heavy atom. The molecule has 0 unspecified atom stereocenters. The van der Waals surface area contributed by atoms with E-state index in [-0.39, 0.29) is 17.9 Å². The lowest BCUT2D eigenvalue weighted by Crippen LogP contribution is -2.74. The molecule has 5 aromatic rings. The number of rotatable bonds is 5. The Kier molecular flexibility index (Phi) is 6.12. The second kappa shape index (κ2) is 10.1. The molecule has 5 heteroatoms. The van der Waals surface area contributed by atoms with Crippen molar-refractivity contribution in [3.8, 4) is 5.75 Å². The van der Waals surface area contributed by atoms with Crippen LogP contribution in [-0.2, 0) is 10.3 Å². The number of β-lactam (4-membered cyclic amide) rings is 1. The zero-order valence-electron chi connectivity index (χ0n) is 22.3. The molecule has 0 aromatic heterocycles. The Morgan fingerprint density at radius 1 is 0.659 bits per heavy atom. The minimum atomic E-state index is -0.865. The van der Waals surface area contributed by atoms with Crippen molar-refractivity contribution >= 4 is 23.2 Å². The molecule has 0 bridgehead atoms. The summed E-state index contributed by atoms with van der Waals surface area (Å²) in [5.41, 5.74) is 3.06. The van der Waals surface area contributed by atoms with Crippen molar-refractivity contribution < 1.29 is 14.3 Å². The van der Waals surface area contributed by atoms with Gasteiger partial charge in [0.1, 0.15) is 11.3 Å². The number of hydrogen-bond acceptors (Lipinski definition) is 3. The Morgan fingerprint density at radius 3 is 1.85 bits per heavy atom. The highest BCUT2D eigenvalue weighted by Gasteiger charge is 2.66. The Labute approximate surface area is 239 Å². The normalized spacial score (nSPS) is 21.2. The van der Waals surface area contributed by atoms with Crippen LogP contribution in [0.1, 0.15) is 33.9 Å². The van der Waals surface area contributed by atoms with Crippen molar-refractivity contribution in [2.75, 3.05) is 9.80 Å². The van der Waals surface area contributed by atoms with Gasteiger partial charge in [0.05, 0.1) is 17.4 Å². The molecule has 5 aromatic carbocycles. The van der Waals surface area contributed by atoms with Gasteiger partial charge in [0.25, 0.3) is 11.8 Å². The molecule has 2 amide bonds. The lowest BCUT2D eigenvalue weighted by atomic mass is 9.70. The Balaban J connectivity index is 1.48. The van der Waals surface area contributed by atoms with Crippen LogP contribution in [0.2, 0.25) is 0 Å². The molecule has 41 heavy (non-hydrogen) atoms. The maximum atomic E-state index is 14.4. The van der Waals surface area contributed by atoms with E-state index in [9.17, 15) is 9.59 Å². The van der Waals surface area contributed by atoms with Crippen molar-refractivity contribution in [1.82, 2.24) is 0 Å². The van der Waals surface area contributed by atoms with Crippen LogP contribution >= 0.6 is 0 Å². The van der Waals surface area contributed by atoms with Crippen molar-refractivity contribution in [2.45, 2.75) is 24.1 Å². The molecule has 0 radical (unpaired) electrons. The zero-order chi connectivity index (χ0) is 27.8. The number of para-hydroxylation sites is 3. The van der Waals surface area contributed by atoms with Gasteiger partial charge in [0.15, 0.2) is 0 Å². The van der Waals surface area contributed by atoms with E-state index in [4.69, 9.17) is 4.74 Å². The Hall–Kier alpha value is -5.16. The first-order valence-corrected chi connectivity index (χ1v) is 13.8. The van der Waals surface area contributed by atoms with Crippen molar-refractivity contribution in [3.05, 3.63) is 162 Å². The average Bonchev–Trinajstić information content (AvgIpc) is 3.16. The Bertz CT molecular complexity index is 1690. The third kappa shape index (κ3) is 4.01. The largest absolute Gasteiger partial charge is 0.478 e. The van der Waals surface area contributed by atoms with Crippen LogP contribution in [0.5, 0.6) is 5.75 Å². The van der Waals surface area contributed by atoms with E-state index >= 15 is 0 Å². The van der Waals surface area contributed by atoms with Gasteiger partial charge in [0, 0.05) is 12.0 Å². The molecule has 1 fully saturated rings. The summed E-state index contributed by atoms with van der Waals surface area (Å²) >= 11 is 0. The SMILES string of the molecule is O=C(c1ccccc1)N1c2ccccc2N2C(=O)[C@@H](Oc3ccccc3)[C@@]2(c2ccccc2)C[C@H]1c1ccccc1. The van der Waals surface area contributed by atoms with E-state index in [1.54, 1.807) is 0 Å². The van der Waals surface area contributed by atoms with E-state index in [0.717, 1.165) is 11.1 Å². The first kappa shape index (κ1) is 24.9. The first-order chi connectivity index (χ1) is 20.2. The predicted molar refractivity (Wildman–Crippen MR) is 160 cm³/mol. The number of amides is 2. The van der Waals surface area contributed by atoms with E-state index in [0.29, 0.717) is 29.1 Å². The summed E-state index contributed by atoms with van der Waals surface area (Å²) in [7, 11) is 0. The lowest BCUT2D eigenvalue weighted by molar-refractivity contribution is -0.142. The maximum absolute atomic E-state index is 14.4. The molecule has 0 N–H and O–H groups in total. The summed E-state index contributed by atoms with van der Waals surface area (Å²) < 4.78 is 6.53. The molecule has 2 aliphatic rings. The number of carbonyl (C=O) groups is 2. The van der Waals surface area contributed by atoms with Gasteiger partial charge < -0.3 is 4.74 Å². The molecule has 200 valence electrons. The zero-order valence-corrected chi connectivity index (χ0v) is 22.3. The smallest absolute Gasteiger partial charge is 0.271 e. The summed E-state index contributed by atoms with van der Waals surface area (Å²) in [6, 6.07) is 46.3. The molecule has 0 spiro atoms. The fourth-order valence-corrected chi connectivity index (χ4v) is 6.33. The van der Waals surface area contributed by atoms with E-state index in [1.807, 2.05) is 131 Å². The van der Waals surface area contributed by atoms with Crippen LogP contribution in [0.3, 0.4) is 0 Å². The van der Waals surface area contributed by atoms with E-state index in [2.05, 4.69) is 24.3 Å². The molecular weight excluding hydrogens is 508 g/mol. The highest BCUT2D eigenvalue weighted by molar-refractivity contribution is 6.14. The van der Waals surface area contributed by atoms with Gasteiger partial charge in [-0.25, -0.2) is 0 Å². The van der Waals surface area contributed by atoms with Gasteiger partial charge in [-0.15, -0.1) is 0 Å². The third-order valence-corrected chi connectivity index (χ3v) is 8.17. The van der Waals surface area contributed by atoms with Gasteiger partial charge >= 0.3 is 0 Å². The molecule has 7 rings (SSSR count). The summed E-state index contributed by atoms with van der Waals surface area (Å²) in [5, 5.41) is 0. The fraction of sp³-hybridized carbons (Fsp3) is 0.111. The summed E-state index contributed by atoms with van der Waals surface area (Å²) in [6.07, 6.45) is -0.337. The van der Waals surface area contributed by atoms with Crippen LogP contribution in [-0.4, -0.2) is 17.9 Å². The van der Waals surface area contributed by atoms with Gasteiger partial charge in [-0.1, -0.05) is 109 Å². The predicted octanol–water partition coefficient (Wildman–Crippen LogP) is 7.17. The number of carbonyl (C=O) groups excluding carboxylic acids is 2. The summed E-state index contributed by atoms with van der Waals surface area (Å²) in [5.74, 6) is 0.378. The molecular formula is C36H28N2O3. The third-order valence-electron chi connectivity index (χ3n) is 8.17. The highest BCUT2D eigenvalue weighted by atomic mass is 16.5. The van der Waals surface area contributed by atoms with Crippen LogP contribution in [0.4, 0.5) is 11.4 Å². The lowest BCUT2D eigenvalue weighted by Gasteiger charge is -2.56. The second-order valence-corrected chi connectivity index (χ2v) is 10.4. The maximum Gasteiger partial charge on any atom is 0.271 e. The quantitative estimate of drug-likeness (QED) is 0.224. The number of hydrogen-bond donors (Lipinski definition) is 0. The molecule has 2 aliphatic heterocycles. The first-order valence-electron chi connectivity index (χ1n) is 13.8. The number of fused-ring (bicyclic) bond motifs is 3. The molecule has 2 heterocycles. The van der Waals surface area contributed by atoms with E-state index < -0.39 is 11.6 Å². The van der Waals surface area contributed by atoms with E-state index in [1.165, 1.54) is 0 Å². The van der Waals surface area contributed by atoms with Crippen molar-refractivity contribution in [1.29, 1.82) is 0 Å². The van der Waals surface area contributed by atoms with Gasteiger partial charge in [-0.2, -0.15) is 0 Å². The van der Waals surface area contributed by atoms with Gasteiger partial charge in [-0.05, 0) is 47.5 Å². The van der Waals surface area contributed by atoms with Crippen molar-refractivity contribution in [3.63, 3.8) is 0 Å². The molecule has 0 aliphatic carbocycles. The monoisotopic (exact) mass is 536 g/mol. The number of nitrogens with zero attached hydrogens (tertiary/aromatic N) is 2. The van der Waals surface area contributed by atoms with Crippen LogP contribution in [0.25, 0.3) is 0 Å². The topological polar surface area (TPSA) is 49.9 Å². The minimum Gasteiger partial charge on any atom is -0.478 e. The average molecular weight is 537 g/mol. The number of benzene rings is 5. The number of anilines is 2. The van der Waals surface area contributed by atoms with Gasteiger partial charge in [-0.3, -0.25) is 19.4 Å². The fourth-order valence-electron chi connectivity index (χ4n) is 6.33. The summed E-state index contributed by atoms with van der Waals surface area (Å²) in [4.78, 5) is 32.3. The highest BCUT2D eigenvalue weighted by Crippen LogP contribution is 2.57. The molecule has 0 saturated carbocycles. The second-order valence-electron chi connectivity index (χ2n) is 10.4. The minimum absolute atomic E-state index is 0.120. The van der Waals surface area contributed by atoms with Gasteiger partial charge in [0.2, 0.25) is 6.10 Å². The summed E-state index contributed by atoms with van der Waals surface area (Å²) in [6.45, 7) is 0. The number of ether oxygens (including phenoxy) is 1. The van der Waals surface area contributed by atoms with Crippen LogP contribution in [0.15, 0.2) is 146 Å². The molecule has 3 atom stereocenters. The standard InChI is InChI=1S/C36H28N2O3/c39-34(27-17-7-2-8-18-27)37-30-23-13-14-24-31(30)38-35(40)33(41-29-21-11-4-12-22-29)36(38,28-19-9-3-10-20-28)25-32(37)26-15-5-1-6-16-26/h1-24,32-33H,25H2/t32-,33+,36-/m0/s1.